The van der Waals surface area contributed by atoms with Gasteiger partial charge in [0.2, 0.25) is 0 Å². The van der Waals surface area contributed by atoms with Crippen LogP contribution in [0.1, 0.15) is 39.0 Å². The highest BCUT2D eigenvalue weighted by molar-refractivity contribution is 7.80. The van der Waals surface area contributed by atoms with E-state index in [1.54, 1.807) is 0 Å². The molecule has 2 saturated heterocycles. The molecule has 0 amide bonds. The van der Waals surface area contributed by atoms with E-state index in [1.165, 1.54) is 25.9 Å². The molecule has 0 radical (unpaired) electrons. The van der Waals surface area contributed by atoms with Crippen molar-refractivity contribution in [3.8, 4) is 0 Å². The molecule has 0 aromatic rings. The molecule has 0 N–H and O–H groups in total. The first-order chi connectivity index (χ1) is 9.28. The number of piperidine rings is 1. The summed E-state index contributed by atoms with van der Waals surface area (Å²) in [6.07, 6.45) is 6.39. The van der Waals surface area contributed by atoms with Crippen molar-refractivity contribution >= 4 is 12.6 Å². The maximum absolute atomic E-state index is 5.93. The lowest BCUT2D eigenvalue weighted by Crippen LogP contribution is -2.48. The molecule has 112 valence electrons. The molecule has 1 unspecified atom stereocenters. The Morgan fingerprint density at radius 2 is 2.16 bits per heavy atom. The van der Waals surface area contributed by atoms with Crippen LogP contribution < -0.4 is 0 Å². The Balaban J connectivity index is 1.83. The van der Waals surface area contributed by atoms with Crippen LogP contribution in [0.4, 0.5) is 0 Å². The zero-order valence-electron chi connectivity index (χ0n) is 12.3. The molecule has 2 heterocycles. The van der Waals surface area contributed by atoms with Crippen molar-refractivity contribution < 1.29 is 9.47 Å². The predicted octanol–water partition coefficient (Wildman–Crippen LogP) is 2.60. The fourth-order valence-corrected chi connectivity index (χ4v) is 3.64. The highest BCUT2D eigenvalue weighted by Gasteiger charge is 2.34. The van der Waals surface area contributed by atoms with Gasteiger partial charge in [0, 0.05) is 32.9 Å². The lowest BCUT2D eigenvalue weighted by molar-refractivity contribution is -0.0306. The second-order valence-corrected chi connectivity index (χ2v) is 6.46. The molecule has 0 spiro atoms. The average Bonchev–Trinajstić information content (AvgIpc) is 2.46. The number of thiol groups is 1. The molecule has 4 heteroatoms. The second kappa shape index (κ2) is 7.87. The molecule has 2 aliphatic heterocycles. The van der Waals surface area contributed by atoms with E-state index in [0.29, 0.717) is 11.5 Å². The summed E-state index contributed by atoms with van der Waals surface area (Å²) in [5, 5.41) is 0. The Morgan fingerprint density at radius 1 is 1.37 bits per heavy atom. The number of nitrogens with zero attached hydrogens (tertiary/aromatic N) is 1. The zero-order valence-corrected chi connectivity index (χ0v) is 13.2. The molecule has 2 fully saturated rings. The Morgan fingerprint density at radius 3 is 2.84 bits per heavy atom. The minimum Gasteiger partial charge on any atom is -0.381 e. The molecular formula is C15H29NO2S. The molecule has 3 nitrogen and oxygen atoms in total. The monoisotopic (exact) mass is 287 g/mol. The molecular weight excluding hydrogens is 258 g/mol. The predicted molar refractivity (Wildman–Crippen MR) is 82.0 cm³/mol. The van der Waals surface area contributed by atoms with E-state index in [0.717, 1.165) is 51.4 Å². The van der Waals surface area contributed by atoms with Crippen LogP contribution in [-0.4, -0.2) is 56.2 Å². The van der Waals surface area contributed by atoms with Gasteiger partial charge in [-0.15, -0.1) is 0 Å². The van der Waals surface area contributed by atoms with Crippen LogP contribution in [0.3, 0.4) is 0 Å². The van der Waals surface area contributed by atoms with Crippen molar-refractivity contribution in [3.63, 3.8) is 0 Å². The summed E-state index contributed by atoms with van der Waals surface area (Å²) in [4.78, 5) is 2.60. The van der Waals surface area contributed by atoms with Gasteiger partial charge in [0.05, 0.1) is 6.10 Å². The summed E-state index contributed by atoms with van der Waals surface area (Å²) in [5.74, 6) is 0.980. The fourth-order valence-electron chi connectivity index (χ4n) is 3.22. The Bertz CT molecular complexity index is 257. The van der Waals surface area contributed by atoms with Gasteiger partial charge in [0.25, 0.3) is 0 Å². The van der Waals surface area contributed by atoms with Gasteiger partial charge in [-0.1, -0.05) is 6.92 Å². The van der Waals surface area contributed by atoms with Crippen molar-refractivity contribution in [1.29, 1.82) is 0 Å². The number of ether oxygens (including phenoxy) is 2. The minimum atomic E-state index is 0.369. The van der Waals surface area contributed by atoms with E-state index in [9.17, 15) is 0 Å². The van der Waals surface area contributed by atoms with Crippen LogP contribution in [0.2, 0.25) is 0 Å². The van der Waals surface area contributed by atoms with Gasteiger partial charge in [0.1, 0.15) is 0 Å². The Kier molecular flexibility index (Phi) is 6.46. The SMILES string of the molecule is CCCOC1CCCN(CC2(CS)CCOCC2)C1. The number of rotatable bonds is 6. The summed E-state index contributed by atoms with van der Waals surface area (Å²) in [6.45, 7) is 8.40. The highest BCUT2D eigenvalue weighted by Crippen LogP contribution is 2.33. The maximum atomic E-state index is 5.93. The Labute approximate surface area is 123 Å². The normalized spacial score (nSPS) is 28.4. The van der Waals surface area contributed by atoms with E-state index >= 15 is 0 Å². The highest BCUT2D eigenvalue weighted by atomic mass is 32.1. The van der Waals surface area contributed by atoms with Crippen molar-refractivity contribution in [2.75, 3.05) is 45.2 Å². The summed E-state index contributed by atoms with van der Waals surface area (Å²) >= 11 is 4.61. The largest absolute Gasteiger partial charge is 0.381 e. The maximum Gasteiger partial charge on any atom is 0.0702 e. The molecule has 0 aliphatic carbocycles. The van der Waals surface area contributed by atoms with E-state index < -0.39 is 0 Å². The number of hydrogen-bond acceptors (Lipinski definition) is 4. The average molecular weight is 287 g/mol. The van der Waals surface area contributed by atoms with Crippen LogP contribution in [0.15, 0.2) is 0 Å². The van der Waals surface area contributed by atoms with Crippen molar-refractivity contribution in [1.82, 2.24) is 4.90 Å². The Hall–Kier alpha value is 0.230. The molecule has 1 atom stereocenters. The molecule has 0 aromatic heterocycles. The van der Waals surface area contributed by atoms with Crippen LogP contribution in [0, 0.1) is 5.41 Å². The standard InChI is InChI=1S/C15H29NO2S/c1-2-8-18-14-4-3-7-16(11-14)12-15(13-19)5-9-17-10-6-15/h14,19H,2-13H2,1H3. The van der Waals surface area contributed by atoms with E-state index in [1.807, 2.05) is 0 Å². The van der Waals surface area contributed by atoms with Gasteiger partial charge in [0.15, 0.2) is 0 Å². The van der Waals surface area contributed by atoms with Crippen molar-refractivity contribution in [3.05, 3.63) is 0 Å². The third kappa shape index (κ3) is 4.62. The van der Waals surface area contributed by atoms with E-state index in [4.69, 9.17) is 9.47 Å². The van der Waals surface area contributed by atoms with Crippen molar-refractivity contribution in [2.24, 2.45) is 5.41 Å². The smallest absolute Gasteiger partial charge is 0.0702 e. The summed E-state index contributed by atoms with van der Waals surface area (Å²) in [7, 11) is 0. The van der Waals surface area contributed by atoms with Gasteiger partial charge >= 0.3 is 0 Å². The van der Waals surface area contributed by atoms with Crippen LogP contribution in [0.5, 0.6) is 0 Å². The summed E-state index contributed by atoms with van der Waals surface area (Å²) in [6, 6.07) is 0. The first-order valence-electron chi connectivity index (χ1n) is 7.80. The molecule has 0 saturated carbocycles. The van der Waals surface area contributed by atoms with Gasteiger partial charge in [-0.2, -0.15) is 12.6 Å². The first kappa shape index (κ1) is 15.6. The molecule has 2 rings (SSSR count). The lowest BCUT2D eigenvalue weighted by atomic mass is 9.81. The van der Waals surface area contributed by atoms with E-state index in [2.05, 4.69) is 24.5 Å². The molecule has 0 aromatic carbocycles. The van der Waals surface area contributed by atoms with Gasteiger partial charge in [-0.05, 0) is 49.8 Å². The first-order valence-corrected chi connectivity index (χ1v) is 8.44. The minimum absolute atomic E-state index is 0.369. The molecule has 2 aliphatic rings. The van der Waals surface area contributed by atoms with Gasteiger partial charge in [-0.3, -0.25) is 0 Å². The fraction of sp³-hybridized carbons (Fsp3) is 1.00. The van der Waals surface area contributed by atoms with Crippen LogP contribution in [0.25, 0.3) is 0 Å². The topological polar surface area (TPSA) is 21.7 Å². The molecule has 19 heavy (non-hydrogen) atoms. The van der Waals surface area contributed by atoms with Gasteiger partial charge < -0.3 is 14.4 Å². The summed E-state index contributed by atoms with van der Waals surface area (Å²) in [5.41, 5.74) is 0.369. The molecule has 0 bridgehead atoms. The van der Waals surface area contributed by atoms with Gasteiger partial charge in [-0.25, -0.2) is 0 Å². The van der Waals surface area contributed by atoms with Crippen molar-refractivity contribution in [2.45, 2.75) is 45.1 Å². The third-order valence-electron chi connectivity index (χ3n) is 4.47. The number of hydrogen-bond donors (Lipinski definition) is 1. The number of likely N-dealkylation sites (tertiary alicyclic amines) is 1. The van der Waals surface area contributed by atoms with Crippen LogP contribution >= 0.6 is 12.6 Å². The van der Waals surface area contributed by atoms with E-state index in [-0.39, 0.29) is 0 Å². The third-order valence-corrected chi connectivity index (χ3v) is 5.14. The lowest BCUT2D eigenvalue weighted by Gasteiger charge is -2.42. The second-order valence-electron chi connectivity index (χ2n) is 6.14. The zero-order chi connectivity index (χ0) is 13.6. The van der Waals surface area contributed by atoms with Crippen LogP contribution in [-0.2, 0) is 9.47 Å². The summed E-state index contributed by atoms with van der Waals surface area (Å²) < 4.78 is 11.4. The quantitative estimate of drug-likeness (QED) is 0.759.